The van der Waals surface area contributed by atoms with Crippen LogP contribution in [-0.2, 0) is 4.74 Å². The summed E-state index contributed by atoms with van der Waals surface area (Å²) in [5, 5.41) is 2.51. The fourth-order valence-corrected chi connectivity index (χ4v) is 2.45. The van der Waals surface area contributed by atoms with Gasteiger partial charge < -0.3 is 9.47 Å². The van der Waals surface area contributed by atoms with Crippen molar-refractivity contribution in [1.29, 1.82) is 0 Å². The second-order valence-electron chi connectivity index (χ2n) is 4.45. The highest BCUT2D eigenvalue weighted by atomic mass is 32.1. The van der Waals surface area contributed by atoms with Crippen LogP contribution in [0.5, 0.6) is 5.75 Å². The third kappa shape index (κ3) is 3.57. The van der Waals surface area contributed by atoms with E-state index in [9.17, 15) is 4.79 Å². The summed E-state index contributed by atoms with van der Waals surface area (Å²) in [6, 6.07) is 7.68. The number of aromatic nitrogens is 1. The van der Waals surface area contributed by atoms with Gasteiger partial charge in [-0.3, -0.25) is 0 Å². The average molecular weight is 291 g/mol. The van der Waals surface area contributed by atoms with Crippen molar-refractivity contribution in [3.05, 3.63) is 35.3 Å². The minimum Gasteiger partial charge on any atom is -0.491 e. The van der Waals surface area contributed by atoms with Crippen LogP contribution in [0.1, 0.15) is 31.3 Å². The normalized spacial score (nSPS) is 10.6. The number of ether oxygens (including phenoxy) is 2. The number of carbonyl (C=O) groups is 1. The lowest BCUT2D eigenvalue weighted by atomic mass is 10.2. The molecular formula is C15H17NO3S. The fraction of sp³-hybridized carbons (Fsp3) is 0.333. The van der Waals surface area contributed by atoms with Gasteiger partial charge in [0.25, 0.3) is 0 Å². The van der Waals surface area contributed by atoms with Gasteiger partial charge in [0, 0.05) is 10.9 Å². The molecule has 0 unspecified atom stereocenters. The van der Waals surface area contributed by atoms with Gasteiger partial charge in [0.1, 0.15) is 10.8 Å². The summed E-state index contributed by atoms with van der Waals surface area (Å²) in [7, 11) is 0. The first-order chi connectivity index (χ1) is 9.60. The molecule has 2 aromatic rings. The van der Waals surface area contributed by atoms with Crippen molar-refractivity contribution in [1.82, 2.24) is 4.98 Å². The van der Waals surface area contributed by atoms with Crippen LogP contribution in [0, 0.1) is 0 Å². The van der Waals surface area contributed by atoms with Crippen molar-refractivity contribution in [3.63, 3.8) is 0 Å². The summed E-state index contributed by atoms with van der Waals surface area (Å²) in [6.45, 7) is 6.10. The Hall–Kier alpha value is -1.88. The van der Waals surface area contributed by atoms with Crippen molar-refractivity contribution >= 4 is 17.3 Å². The molecule has 0 bridgehead atoms. The molecule has 0 radical (unpaired) electrons. The van der Waals surface area contributed by atoms with Crippen molar-refractivity contribution in [2.75, 3.05) is 6.61 Å². The molecule has 1 aromatic carbocycles. The molecule has 0 amide bonds. The van der Waals surface area contributed by atoms with Crippen LogP contribution in [-0.4, -0.2) is 23.7 Å². The molecule has 0 aliphatic rings. The minimum atomic E-state index is -0.380. The Balaban J connectivity index is 2.14. The summed E-state index contributed by atoms with van der Waals surface area (Å²) in [6.07, 6.45) is 0.149. The summed E-state index contributed by atoms with van der Waals surface area (Å²) in [5.41, 5.74) is 1.32. The largest absolute Gasteiger partial charge is 0.491 e. The van der Waals surface area contributed by atoms with Crippen LogP contribution >= 0.6 is 11.3 Å². The smallest absolute Gasteiger partial charge is 0.357 e. The topological polar surface area (TPSA) is 48.4 Å². The van der Waals surface area contributed by atoms with Crippen LogP contribution in [0.15, 0.2) is 29.6 Å². The van der Waals surface area contributed by atoms with E-state index in [2.05, 4.69) is 4.98 Å². The maximum atomic E-state index is 11.6. The first-order valence-corrected chi connectivity index (χ1v) is 7.38. The molecular weight excluding hydrogens is 274 g/mol. The number of carbonyl (C=O) groups excluding carboxylic acids is 1. The van der Waals surface area contributed by atoms with Gasteiger partial charge >= 0.3 is 5.97 Å². The summed E-state index contributed by atoms with van der Waals surface area (Å²) >= 11 is 1.42. The number of nitrogens with zero attached hydrogens (tertiary/aromatic N) is 1. The number of rotatable bonds is 5. The van der Waals surface area contributed by atoms with E-state index in [1.807, 2.05) is 38.1 Å². The second-order valence-corrected chi connectivity index (χ2v) is 5.31. The Morgan fingerprint density at radius 2 is 2.00 bits per heavy atom. The zero-order chi connectivity index (χ0) is 14.5. The third-order valence-corrected chi connectivity index (χ3v) is 3.35. The van der Waals surface area contributed by atoms with Crippen LogP contribution < -0.4 is 4.74 Å². The maximum Gasteiger partial charge on any atom is 0.357 e. The first-order valence-electron chi connectivity index (χ1n) is 6.50. The number of thiazole rings is 1. The zero-order valence-electron chi connectivity index (χ0n) is 11.8. The van der Waals surface area contributed by atoms with Crippen molar-refractivity contribution in [3.8, 4) is 16.3 Å². The summed E-state index contributed by atoms with van der Waals surface area (Å²) in [5.74, 6) is 0.445. The lowest BCUT2D eigenvalue weighted by Gasteiger charge is -2.09. The van der Waals surface area contributed by atoms with Crippen LogP contribution in [0.3, 0.4) is 0 Å². The lowest BCUT2D eigenvalue weighted by Crippen LogP contribution is -2.05. The van der Waals surface area contributed by atoms with E-state index in [1.165, 1.54) is 11.3 Å². The molecule has 0 aliphatic heterocycles. The Labute approximate surface area is 122 Å². The van der Waals surface area contributed by atoms with Gasteiger partial charge in [0.15, 0.2) is 5.69 Å². The quantitative estimate of drug-likeness (QED) is 0.787. The van der Waals surface area contributed by atoms with Gasteiger partial charge in [-0.2, -0.15) is 0 Å². The molecule has 1 heterocycles. The van der Waals surface area contributed by atoms with Crippen molar-refractivity contribution < 1.29 is 14.3 Å². The highest BCUT2D eigenvalue weighted by Gasteiger charge is 2.12. The number of esters is 1. The van der Waals surface area contributed by atoms with E-state index in [-0.39, 0.29) is 12.1 Å². The molecule has 0 spiro atoms. The number of benzene rings is 1. The highest BCUT2D eigenvalue weighted by molar-refractivity contribution is 7.13. The molecule has 1 aromatic heterocycles. The van der Waals surface area contributed by atoms with E-state index in [4.69, 9.17) is 9.47 Å². The Morgan fingerprint density at radius 1 is 1.30 bits per heavy atom. The Morgan fingerprint density at radius 3 is 2.60 bits per heavy atom. The van der Waals surface area contributed by atoms with E-state index in [0.717, 1.165) is 16.3 Å². The van der Waals surface area contributed by atoms with Crippen LogP contribution in [0.2, 0.25) is 0 Å². The Bertz CT molecular complexity index is 575. The molecule has 5 heteroatoms. The minimum absolute atomic E-state index is 0.149. The monoisotopic (exact) mass is 291 g/mol. The van der Waals surface area contributed by atoms with E-state index < -0.39 is 0 Å². The molecule has 0 fully saturated rings. The third-order valence-electron chi connectivity index (χ3n) is 2.46. The molecule has 0 atom stereocenters. The molecule has 0 saturated heterocycles. The van der Waals surface area contributed by atoms with Gasteiger partial charge in [0.05, 0.1) is 12.7 Å². The molecule has 0 saturated carbocycles. The van der Waals surface area contributed by atoms with E-state index in [0.29, 0.717) is 12.3 Å². The maximum absolute atomic E-state index is 11.6. The highest BCUT2D eigenvalue weighted by Crippen LogP contribution is 2.26. The second kappa shape index (κ2) is 6.52. The first kappa shape index (κ1) is 14.5. The molecule has 0 aliphatic carbocycles. The average Bonchev–Trinajstić information content (AvgIpc) is 2.89. The molecule has 20 heavy (non-hydrogen) atoms. The molecule has 4 nitrogen and oxygen atoms in total. The summed E-state index contributed by atoms with van der Waals surface area (Å²) < 4.78 is 10.5. The predicted molar refractivity (Wildman–Crippen MR) is 79.3 cm³/mol. The van der Waals surface area contributed by atoms with Gasteiger partial charge in [-0.25, -0.2) is 9.78 Å². The molecule has 2 rings (SSSR count). The van der Waals surface area contributed by atoms with Gasteiger partial charge in [-0.15, -0.1) is 11.3 Å². The van der Waals surface area contributed by atoms with E-state index in [1.54, 1.807) is 12.3 Å². The van der Waals surface area contributed by atoms with Gasteiger partial charge in [-0.1, -0.05) is 0 Å². The zero-order valence-corrected chi connectivity index (χ0v) is 12.6. The summed E-state index contributed by atoms with van der Waals surface area (Å²) in [4.78, 5) is 15.9. The molecule has 0 N–H and O–H groups in total. The fourth-order valence-electron chi connectivity index (χ4n) is 1.65. The lowest BCUT2D eigenvalue weighted by molar-refractivity contribution is 0.0520. The number of hydrogen-bond donors (Lipinski definition) is 0. The number of hydrogen-bond acceptors (Lipinski definition) is 5. The predicted octanol–water partition coefficient (Wildman–Crippen LogP) is 3.77. The van der Waals surface area contributed by atoms with Crippen LogP contribution in [0.4, 0.5) is 0 Å². The Kier molecular flexibility index (Phi) is 4.74. The van der Waals surface area contributed by atoms with E-state index >= 15 is 0 Å². The van der Waals surface area contributed by atoms with Crippen LogP contribution in [0.25, 0.3) is 10.6 Å². The SMILES string of the molecule is CCOC(=O)c1csc(-c2ccc(OC(C)C)cc2)n1. The standard InChI is InChI=1S/C15H17NO3S/c1-4-18-15(17)13-9-20-14(16-13)11-5-7-12(8-6-11)19-10(2)3/h5-10H,4H2,1-3H3. The van der Waals surface area contributed by atoms with Crippen molar-refractivity contribution in [2.24, 2.45) is 0 Å². The van der Waals surface area contributed by atoms with Crippen molar-refractivity contribution in [2.45, 2.75) is 26.9 Å². The van der Waals surface area contributed by atoms with Gasteiger partial charge in [0.2, 0.25) is 0 Å². The van der Waals surface area contributed by atoms with Gasteiger partial charge in [-0.05, 0) is 45.0 Å². The molecule has 106 valence electrons.